The highest BCUT2D eigenvalue weighted by Crippen LogP contribution is 2.23. The summed E-state index contributed by atoms with van der Waals surface area (Å²) >= 11 is 0. The van der Waals surface area contributed by atoms with Crippen molar-refractivity contribution < 1.29 is 8.78 Å². The molecule has 0 saturated heterocycles. The quantitative estimate of drug-likeness (QED) is 0.785. The van der Waals surface area contributed by atoms with Gasteiger partial charge < -0.3 is 10.6 Å². The number of hydrogen-bond acceptors (Lipinski definition) is 3. The first-order valence-electron chi connectivity index (χ1n) is 10.0. The van der Waals surface area contributed by atoms with E-state index < -0.39 is 12.3 Å². The molecule has 0 atom stereocenters. The summed E-state index contributed by atoms with van der Waals surface area (Å²) in [6, 6.07) is 9.63. The van der Waals surface area contributed by atoms with E-state index in [-0.39, 0.29) is 17.8 Å². The van der Waals surface area contributed by atoms with Gasteiger partial charge in [0.25, 0.3) is 5.70 Å². The minimum atomic E-state index is -0.706. The Balaban J connectivity index is 1.86. The number of benzene rings is 1. The number of rotatable bonds is 4. The van der Waals surface area contributed by atoms with E-state index in [1.54, 1.807) is 12.1 Å². The maximum atomic E-state index is 13.5. The van der Waals surface area contributed by atoms with Crippen molar-refractivity contribution in [3.63, 3.8) is 0 Å². The maximum Gasteiger partial charge on any atom is 0.268 e. The molecule has 2 saturated carbocycles. The van der Waals surface area contributed by atoms with Gasteiger partial charge in [-0.2, -0.15) is 0 Å². The van der Waals surface area contributed by atoms with E-state index in [1.807, 2.05) is 18.2 Å². The summed E-state index contributed by atoms with van der Waals surface area (Å²) in [4.78, 5) is 3.25. The van der Waals surface area contributed by atoms with Crippen molar-refractivity contribution in [3.05, 3.63) is 46.1 Å². The predicted molar refractivity (Wildman–Crippen MR) is 105 cm³/mol. The summed E-state index contributed by atoms with van der Waals surface area (Å²) in [5.41, 5.74) is 0.0663. The molecular weight excluding hydrogens is 358 g/mol. The van der Waals surface area contributed by atoms with Gasteiger partial charge in [-0.25, -0.2) is 18.9 Å². The van der Waals surface area contributed by atoms with Crippen LogP contribution in [0.2, 0.25) is 0 Å². The molecule has 0 aliphatic heterocycles. The van der Waals surface area contributed by atoms with Crippen LogP contribution in [0, 0.1) is 17.9 Å². The summed E-state index contributed by atoms with van der Waals surface area (Å²) in [6.07, 6.45) is 4.01. The standard InChI is InChI=1S/C22H26F2N4/c1-26-21(14-25)15-2-4-16(5-3-15)22(27-19-10-6-17(23)7-11-19)28-20-12-8-18(24)9-13-20/h2-5,17-20,27-28H,6-13H2. The zero-order valence-corrected chi connectivity index (χ0v) is 15.9. The number of nitriles is 1. The minimum absolute atomic E-state index is 0.0663. The highest BCUT2D eigenvalue weighted by Gasteiger charge is 2.24. The van der Waals surface area contributed by atoms with E-state index in [1.165, 1.54) is 0 Å². The number of alkyl halides is 2. The molecule has 2 N–H and O–H groups in total. The Morgan fingerprint density at radius 2 is 1.29 bits per heavy atom. The van der Waals surface area contributed by atoms with E-state index in [2.05, 4.69) is 15.5 Å². The van der Waals surface area contributed by atoms with Gasteiger partial charge in [-0.3, -0.25) is 0 Å². The van der Waals surface area contributed by atoms with E-state index in [4.69, 9.17) is 11.8 Å². The zero-order valence-electron chi connectivity index (χ0n) is 15.9. The molecule has 2 fully saturated rings. The first kappa shape index (κ1) is 20.1. The van der Waals surface area contributed by atoms with Crippen LogP contribution >= 0.6 is 0 Å². The molecule has 0 aromatic heterocycles. The highest BCUT2D eigenvalue weighted by molar-refractivity contribution is 5.65. The monoisotopic (exact) mass is 384 g/mol. The third-order valence-electron chi connectivity index (χ3n) is 5.68. The van der Waals surface area contributed by atoms with E-state index in [9.17, 15) is 8.78 Å². The number of nitrogens with zero attached hydrogens (tertiary/aromatic N) is 2. The van der Waals surface area contributed by atoms with Crippen LogP contribution in [0.1, 0.15) is 51.4 Å². The highest BCUT2D eigenvalue weighted by atomic mass is 19.1. The van der Waals surface area contributed by atoms with Gasteiger partial charge in [0.1, 0.15) is 18.2 Å². The predicted octanol–water partition coefficient (Wildman–Crippen LogP) is 3.04. The maximum absolute atomic E-state index is 13.5. The molecule has 0 amide bonds. The Kier molecular flexibility index (Phi) is 6.87. The third-order valence-corrected chi connectivity index (χ3v) is 5.68. The molecule has 2 aliphatic rings. The van der Waals surface area contributed by atoms with Crippen LogP contribution in [-0.2, 0) is 0 Å². The van der Waals surface area contributed by atoms with E-state index in [0.717, 1.165) is 36.7 Å². The average Bonchev–Trinajstić information content (AvgIpc) is 2.72. The van der Waals surface area contributed by atoms with Crippen LogP contribution in [0.4, 0.5) is 8.78 Å². The van der Waals surface area contributed by atoms with Crippen LogP contribution in [-0.4, -0.2) is 24.4 Å². The lowest BCUT2D eigenvalue weighted by molar-refractivity contribution is 0.220. The summed E-state index contributed by atoms with van der Waals surface area (Å²) in [6.45, 7) is 7.08. The third kappa shape index (κ3) is 5.23. The Morgan fingerprint density at radius 3 is 1.68 bits per heavy atom. The Bertz CT molecular complexity index is 802. The van der Waals surface area contributed by atoms with Crippen molar-refractivity contribution in [3.8, 4) is 6.07 Å². The first-order valence-corrected chi connectivity index (χ1v) is 10.0. The molecule has 148 valence electrons. The molecule has 4 nitrogen and oxygen atoms in total. The number of nitrogens with one attached hydrogen (secondary N) is 2. The normalized spacial score (nSPS) is 27.1. The molecule has 0 spiro atoms. The minimum Gasteiger partial charge on any atom is -0.369 e. The summed E-state index contributed by atoms with van der Waals surface area (Å²) < 4.78 is 27.0. The molecule has 6 heteroatoms. The van der Waals surface area contributed by atoms with Crippen molar-refractivity contribution in [2.45, 2.75) is 75.8 Å². The van der Waals surface area contributed by atoms with Crippen LogP contribution < -0.4 is 21.1 Å². The second-order valence-corrected chi connectivity index (χ2v) is 7.71. The summed E-state index contributed by atoms with van der Waals surface area (Å²) in [5, 5.41) is 17.6. The van der Waals surface area contributed by atoms with Gasteiger partial charge in [-0.1, -0.05) is 24.3 Å². The zero-order chi connectivity index (χ0) is 19.9. The second kappa shape index (κ2) is 9.55. The van der Waals surface area contributed by atoms with Crippen LogP contribution in [0.3, 0.4) is 0 Å². The van der Waals surface area contributed by atoms with Gasteiger partial charge in [-0.15, -0.1) is 0 Å². The van der Waals surface area contributed by atoms with Gasteiger partial charge in [0, 0.05) is 17.3 Å². The van der Waals surface area contributed by atoms with Crippen LogP contribution in [0.25, 0.3) is 16.4 Å². The lowest BCUT2D eigenvalue weighted by atomic mass is 9.93. The molecule has 0 radical (unpaired) electrons. The van der Waals surface area contributed by atoms with E-state index >= 15 is 0 Å². The Hall–Kier alpha value is -2.60. The van der Waals surface area contributed by atoms with Gasteiger partial charge in [0.05, 0.1) is 12.6 Å². The van der Waals surface area contributed by atoms with Gasteiger partial charge >= 0.3 is 0 Å². The average molecular weight is 384 g/mol. The fourth-order valence-electron chi connectivity index (χ4n) is 3.96. The number of hydrogen-bond donors (Lipinski definition) is 2. The summed E-state index contributed by atoms with van der Waals surface area (Å²) in [7, 11) is 0. The lowest BCUT2D eigenvalue weighted by Crippen LogP contribution is -2.44. The molecule has 0 unspecified atom stereocenters. The molecule has 1 aromatic carbocycles. The van der Waals surface area contributed by atoms with Crippen molar-refractivity contribution in [2.75, 3.05) is 0 Å². The largest absolute Gasteiger partial charge is 0.369 e. The summed E-state index contributed by atoms with van der Waals surface area (Å²) in [5.74, 6) is 0.873. The molecular formula is C22H26F2N4. The van der Waals surface area contributed by atoms with Gasteiger partial charge in [-0.05, 0) is 56.6 Å². The van der Waals surface area contributed by atoms with Crippen molar-refractivity contribution in [1.82, 2.24) is 10.6 Å². The van der Waals surface area contributed by atoms with E-state index in [0.29, 0.717) is 30.9 Å². The molecule has 0 heterocycles. The molecule has 2 aliphatic carbocycles. The topological polar surface area (TPSA) is 52.2 Å². The smallest absolute Gasteiger partial charge is 0.268 e. The number of halogens is 2. The molecule has 3 rings (SSSR count). The molecule has 1 aromatic rings. The molecule has 28 heavy (non-hydrogen) atoms. The molecule has 0 bridgehead atoms. The second-order valence-electron chi connectivity index (χ2n) is 7.71. The van der Waals surface area contributed by atoms with Gasteiger partial charge in [0.15, 0.2) is 0 Å². The van der Waals surface area contributed by atoms with Gasteiger partial charge in [0.2, 0.25) is 0 Å². The fraction of sp³-hybridized carbons (Fsp3) is 0.545. The van der Waals surface area contributed by atoms with Crippen molar-refractivity contribution in [1.29, 1.82) is 5.26 Å². The van der Waals surface area contributed by atoms with Crippen LogP contribution in [0.15, 0.2) is 24.3 Å². The fourth-order valence-corrected chi connectivity index (χ4v) is 3.96. The lowest BCUT2D eigenvalue weighted by Gasteiger charge is -2.31. The van der Waals surface area contributed by atoms with Crippen LogP contribution in [0.5, 0.6) is 0 Å². The van der Waals surface area contributed by atoms with Crippen molar-refractivity contribution in [2.24, 2.45) is 0 Å². The SMILES string of the molecule is [C-]#[N+]C(C#N)=c1ccc(=C(NC2CCC(F)CC2)NC2CCC(F)CC2)cc1. The first-order chi connectivity index (χ1) is 13.6. The van der Waals surface area contributed by atoms with Crippen molar-refractivity contribution >= 4 is 11.5 Å². The Labute approximate surface area is 164 Å². The Morgan fingerprint density at radius 1 is 0.857 bits per heavy atom.